The van der Waals surface area contributed by atoms with Crippen molar-refractivity contribution < 1.29 is 4.74 Å². The second-order valence-corrected chi connectivity index (χ2v) is 6.53. The van der Waals surface area contributed by atoms with E-state index in [0.29, 0.717) is 11.5 Å². The van der Waals surface area contributed by atoms with Gasteiger partial charge in [0.05, 0.1) is 12.3 Å². The predicted octanol–water partition coefficient (Wildman–Crippen LogP) is 4.49. The Morgan fingerprint density at radius 1 is 1.24 bits per heavy atom. The van der Waals surface area contributed by atoms with Crippen molar-refractivity contribution in [3.63, 3.8) is 0 Å². The third kappa shape index (κ3) is 3.76. The lowest BCUT2D eigenvalue weighted by Crippen LogP contribution is -2.36. The fourth-order valence-corrected chi connectivity index (χ4v) is 3.75. The number of nitrogens with one attached hydrogen (secondary N) is 1. The molecule has 1 aliphatic rings. The van der Waals surface area contributed by atoms with Crippen molar-refractivity contribution in [1.29, 1.82) is 0 Å². The monoisotopic (exact) mass is 290 g/mol. The molecular formula is C18H30N2O. The van der Waals surface area contributed by atoms with Gasteiger partial charge >= 0.3 is 0 Å². The summed E-state index contributed by atoms with van der Waals surface area (Å²) in [4.78, 5) is 4.41. The van der Waals surface area contributed by atoms with Crippen LogP contribution in [-0.4, -0.2) is 17.6 Å². The van der Waals surface area contributed by atoms with Gasteiger partial charge in [-0.15, -0.1) is 0 Å². The molecule has 1 aromatic rings. The lowest BCUT2D eigenvalue weighted by atomic mass is 9.73. The normalized spacial score (nSPS) is 18.9. The van der Waals surface area contributed by atoms with E-state index < -0.39 is 0 Å². The molecule has 118 valence electrons. The highest BCUT2D eigenvalue weighted by Crippen LogP contribution is 2.50. The van der Waals surface area contributed by atoms with E-state index in [1.54, 1.807) is 0 Å². The smallest absolute Gasteiger partial charge is 0.138 e. The highest BCUT2D eigenvalue weighted by molar-refractivity contribution is 5.28. The summed E-state index contributed by atoms with van der Waals surface area (Å²) in [6.07, 6.45) is 10.6. The van der Waals surface area contributed by atoms with E-state index in [4.69, 9.17) is 4.74 Å². The molecule has 1 aromatic heterocycles. The van der Waals surface area contributed by atoms with Crippen molar-refractivity contribution in [1.82, 2.24) is 10.3 Å². The van der Waals surface area contributed by atoms with Crippen LogP contribution in [0.5, 0.6) is 5.75 Å². The van der Waals surface area contributed by atoms with Crippen molar-refractivity contribution in [3.8, 4) is 5.75 Å². The molecule has 2 rings (SSSR count). The number of aromatic nitrogens is 1. The third-order valence-electron chi connectivity index (χ3n) is 4.76. The molecule has 0 radical (unpaired) electrons. The molecule has 0 amide bonds. The molecule has 1 unspecified atom stereocenters. The zero-order valence-electron chi connectivity index (χ0n) is 14.0. The summed E-state index contributed by atoms with van der Waals surface area (Å²) in [5, 5.41) is 3.72. The Bertz CT molecular complexity index is 439. The van der Waals surface area contributed by atoms with Gasteiger partial charge in [-0.25, -0.2) is 0 Å². The molecule has 1 heterocycles. The molecule has 3 heteroatoms. The van der Waals surface area contributed by atoms with Gasteiger partial charge in [-0.2, -0.15) is 0 Å². The SMILES string of the molecule is CCNC(c1cncc(OC(C)C)c1)C1(CC)CCCC1. The van der Waals surface area contributed by atoms with Gasteiger partial charge in [0.15, 0.2) is 0 Å². The maximum absolute atomic E-state index is 5.82. The summed E-state index contributed by atoms with van der Waals surface area (Å²) in [6, 6.07) is 2.56. The Hall–Kier alpha value is -1.09. The lowest BCUT2D eigenvalue weighted by Gasteiger charge is -2.38. The molecule has 1 aliphatic carbocycles. The minimum absolute atomic E-state index is 0.186. The van der Waals surface area contributed by atoms with E-state index in [0.717, 1.165) is 12.3 Å². The topological polar surface area (TPSA) is 34.2 Å². The molecule has 0 bridgehead atoms. The van der Waals surface area contributed by atoms with Crippen molar-refractivity contribution in [2.24, 2.45) is 5.41 Å². The Morgan fingerprint density at radius 3 is 2.52 bits per heavy atom. The zero-order valence-corrected chi connectivity index (χ0v) is 14.0. The summed E-state index contributed by atoms with van der Waals surface area (Å²) < 4.78 is 5.82. The second kappa shape index (κ2) is 7.26. The molecule has 1 N–H and O–H groups in total. The van der Waals surface area contributed by atoms with Crippen LogP contribution in [0.25, 0.3) is 0 Å². The molecule has 0 aromatic carbocycles. The van der Waals surface area contributed by atoms with E-state index in [1.165, 1.54) is 37.7 Å². The van der Waals surface area contributed by atoms with Crippen LogP contribution >= 0.6 is 0 Å². The molecule has 3 nitrogen and oxygen atoms in total. The van der Waals surface area contributed by atoms with Crippen LogP contribution in [-0.2, 0) is 0 Å². The quantitative estimate of drug-likeness (QED) is 0.803. The van der Waals surface area contributed by atoms with Gasteiger partial charge in [0.1, 0.15) is 5.75 Å². The van der Waals surface area contributed by atoms with Crippen LogP contribution in [0, 0.1) is 5.41 Å². The minimum atomic E-state index is 0.186. The lowest BCUT2D eigenvalue weighted by molar-refractivity contribution is 0.187. The molecule has 0 aliphatic heterocycles. The van der Waals surface area contributed by atoms with Gasteiger partial charge in [-0.1, -0.05) is 26.7 Å². The zero-order chi connectivity index (χ0) is 15.3. The van der Waals surface area contributed by atoms with Crippen LogP contribution in [0.1, 0.15) is 71.4 Å². The first kappa shape index (κ1) is 16.3. The average Bonchev–Trinajstić information content (AvgIpc) is 2.94. The second-order valence-electron chi connectivity index (χ2n) is 6.53. The first-order chi connectivity index (χ1) is 10.1. The number of hydrogen-bond acceptors (Lipinski definition) is 3. The van der Waals surface area contributed by atoms with E-state index in [-0.39, 0.29) is 6.10 Å². The Labute approximate surface area is 129 Å². The largest absolute Gasteiger partial charge is 0.489 e. The number of hydrogen-bond donors (Lipinski definition) is 1. The molecule has 1 saturated carbocycles. The van der Waals surface area contributed by atoms with E-state index >= 15 is 0 Å². The van der Waals surface area contributed by atoms with Gasteiger partial charge in [0.25, 0.3) is 0 Å². The predicted molar refractivity (Wildman–Crippen MR) is 87.6 cm³/mol. The summed E-state index contributed by atoms with van der Waals surface area (Å²) in [5.41, 5.74) is 1.66. The van der Waals surface area contributed by atoms with Crippen LogP contribution < -0.4 is 10.1 Å². The highest BCUT2D eigenvalue weighted by atomic mass is 16.5. The van der Waals surface area contributed by atoms with Gasteiger partial charge in [-0.05, 0) is 56.7 Å². The molecule has 21 heavy (non-hydrogen) atoms. The Balaban J connectivity index is 2.29. The van der Waals surface area contributed by atoms with Crippen LogP contribution in [0.15, 0.2) is 18.5 Å². The molecule has 1 fully saturated rings. The number of nitrogens with zero attached hydrogens (tertiary/aromatic N) is 1. The number of pyridine rings is 1. The van der Waals surface area contributed by atoms with Gasteiger partial charge < -0.3 is 10.1 Å². The standard InChI is InChI=1S/C18H30N2O/c1-5-18(9-7-8-10-18)17(20-6-2)15-11-16(13-19-12-15)21-14(3)4/h11-14,17,20H,5-10H2,1-4H3. The van der Waals surface area contributed by atoms with Crippen molar-refractivity contribution in [2.45, 2.75) is 71.9 Å². The van der Waals surface area contributed by atoms with Crippen molar-refractivity contribution in [2.75, 3.05) is 6.54 Å². The number of rotatable bonds is 7. The van der Waals surface area contributed by atoms with Gasteiger partial charge in [-0.3, -0.25) is 4.98 Å². The third-order valence-corrected chi connectivity index (χ3v) is 4.76. The number of ether oxygens (including phenoxy) is 1. The van der Waals surface area contributed by atoms with Gasteiger partial charge in [0, 0.05) is 12.2 Å². The summed E-state index contributed by atoms with van der Waals surface area (Å²) in [6.45, 7) is 9.62. The molecule has 1 atom stereocenters. The Morgan fingerprint density at radius 2 is 1.95 bits per heavy atom. The van der Waals surface area contributed by atoms with Crippen LogP contribution in [0.4, 0.5) is 0 Å². The fourth-order valence-electron chi connectivity index (χ4n) is 3.75. The summed E-state index contributed by atoms with van der Waals surface area (Å²) in [5.74, 6) is 0.884. The van der Waals surface area contributed by atoms with Crippen LogP contribution in [0.2, 0.25) is 0 Å². The highest BCUT2D eigenvalue weighted by Gasteiger charge is 2.40. The summed E-state index contributed by atoms with van der Waals surface area (Å²) in [7, 11) is 0. The fraction of sp³-hybridized carbons (Fsp3) is 0.722. The van der Waals surface area contributed by atoms with E-state index in [2.05, 4.69) is 44.1 Å². The maximum atomic E-state index is 5.82. The molecule has 0 spiro atoms. The Kier molecular flexibility index (Phi) is 5.63. The summed E-state index contributed by atoms with van der Waals surface area (Å²) >= 11 is 0. The molecular weight excluding hydrogens is 260 g/mol. The first-order valence-electron chi connectivity index (χ1n) is 8.46. The minimum Gasteiger partial charge on any atom is -0.489 e. The van der Waals surface area contributed by atoms with E-state index in [9.17, 15) is 0 Å². The van der Waals surface area contributed by atoms with Gasteiger partial charge in [0.2, 0.25) is 0 Å². The molecule has 0 saturated heterocycles. The average molecular weight is 290 g/mol. The first-order valence-corrected chi connectivity index (χ1v) is 8.46. The van der Waals surface area contributed by atoms with E-state index in [1.807, 2.05) is 12.4 Å². The van der Waals surface area contributed by atoms with Crippen molar-refractivity contribution >= 4 is 0 Å². The maximum Gasteiger partial charge on any atom is 0.138 e. The van der Waals surface area contributed by atoms with Crippen molar-refractivity contribution in [3.05, 3.63) is 24.0 Å². The van der Waals surface area contributed by atoms with Crippen LogP contribution in [0.3, 0.4) is 0 Å².